The molecule has 0 atom stereocenters. The van der Waals surface area contributed by atoms with Gasteiger partial charge in [-0.05, 0) is 48.7 Å². The van der Waals surface area contributed by atoms with E-state index in [0.717, 1.165) is 11.3 Å². The number of hydrogen-bond acceptors (Lipinski definition) is 2. The third kappa shape index (κ3) is 4.59. The Morgan fingerprint density at radius 2 is 1.86 bits per heavy atom. The lowest BCUT2D eigenvalue weighted by Gasteiger charge is -2.10. The summed E-state index contributed by atoms with van der Waals surface area (Å²) in [6.45, 7) is 4.94. The second-order valence-corrected chi connectivity index (χ2v) is 5.47. The molecule has 1 amide bonds. The molecule has 0 fully saturated rings. The Kier molecular flexibility index (Phi) is 5.37. The van der Waals surface area contributed by atoms with Crippen LogP contribution in [0, 0.1) is 13.8 Å². The van der Waals surface area contributed by atoms with Crippen LogP contribution in [0.25, 0.3) is 0 Å². The predicted molar refractivity (Wildman–Crippen MR) is 87.7 cm³/mol. The zero-order valence-corrected chi connectivity index (χ0v) is 13.0. The number of carbonyl (C=O) groups excluding carboxylic acids is 1. The van der Waals surface area contributed by atoms with Gasteiger partial charge in [0.15, 0.2) is 0 Å². The minimum atomic E-state index is -0.0611. The molecule has 3 nitrogen and oxygen atoms in total. The lowest BCUT2D eigenvalue weighted by molar-refractivity contribution is -0.115. The van der Waals surface area contributed by atoms with Crippen LogP contribution in [-0.4, -0.2) is 12.5 Å². The molecule has 0 aromatic heterocycles. The molecule has 0 aliphatic rings. The first-order valence-electron chi connectivity index (χ1n) is 6.87. The van der Waals surface area contributed by atoms with E-state index < -0.39 is 0 Å². The van der Waals surface area contributed by atoms with E-state index in [1.165, 1.54) is 11.1 Å². The maximum Gasteiger partial charge on any atom is 0.238 e. The van der Waals surface area contributed by atoms with Crippen molar-refractivity contribution in [2.75, 3.05) is 11.9 Å². The van der Waals surface area contributed by atoms with Crippen molar-refractivity contribution in [3.8, 4) is 0 Å². The Hall–Kier alpha value is -1.84. The monoisotopic (exact) mass is 302 g/mol. The molecule has 110 valence electrons. The molecular formula is C17H19ClN2O. The van der Waals surface area contributed by atoms with Crippen LogP contribution in [0.4, 0.5) is 5.69 Å². The van der Waals surface area contributed by atoms with Gasteiger partial charge >= 0.3 is 0 Å². The van der Waals surface area contributed by atoms with Crippen molar-refractivity contribution < 1.29 is 4.79 Å². The third-order valence-corrected chi connectivity index (χ3v) is 3.56. The van der Waals surface area contributed by atoms with Crippen molar-refractivity contribution >= 4 is 23.2 Å². The van der Waals surface area contributed by atoms with Crippen molar-refractivity contribution in [2.24, 2.45) is 0 Å². The lowest BCUT2D eigenvalue weighted by Crippen LogP contribution is -2.28. The van der Waals surface area contributed by atoms with Crippen molar-refractivity contribution in [2.45, 2.75) is 20.4 Å². The third-order valence-electron chi connectivity index (χ3n) is 3.32. The van der Waals surface area contributed by atoms with E-state index in [2.05, 4.69) is 29.7 Å². The second kappa shape index (κ2) is 7.25. The fraction of sp³-hybridized carbons (Fsp3) is 0.235. The van der Waals surface area contributed by atoms with Crippen molar-refractivity contribution in [1.82, 2.24) is 5.32 Å². The Morgan fingerprint density at radius 3 is 2.57 bits per heavy atom. The Bertz CT molecular complexity index is 640. The molecule has 2 aromatic rings. The molecule has 0 radical (unpaired) electrons. The highest BCUT2D eigenvalue weighted by atomic mass is 35.5. The van der Waals surface area contributed by atoms with Crippen LogP contribution in [0.15, 0.2) is 42.5 Å². The summed E-state index contributed by atoms with van der Waals surface area (Å²) in [7, 11) is 0. The van der Waals surface area contributed by atoms with Gasteiger partial charge in [-0.3, -0.25) is 4.79 Å². The smallest absolute Gasteiger partial charge is 0.238 e. The SMILES string of the molecule is Cc1ccccc1CNCC(=O)Nc1ccc(Cl)cc1C. The van der Waals surface area contributed by atoms with Gasteiger partial charge in [-0.1, -0.05) is 35.9 Å². The van der Waals surface area contributed by atoms with Crippen LogP contribution in [0.1, 0.15) is 16.7 Å². The van der Waals surface area contributed by atoms with Crippen molar-refractivity contribution in [3.63, 3.8) is 0 Å². The molecule has 21 heavy (non-hydrogen) atoms. The first-order valence-corrected chi connectivity index (χ1v) is 7.25. The minimum Gasteiger partial charge on any atom is -0.325 e. The standard InChI is InChI=1S/C17H19ClN2O/c1-12-5-3-4-6-14(12)10-19-11-17(21)20-16-8-7-15(18)9-13(16)2/h3-9,19H,10-11H2,1-2H3,(H,20,21). The number of amides is 1. The summed E-state index contributed by atoms with van der Waals surface area (Å²) in [5.41, 5.74) is 4.17. The van der Waals surface area contributed by atoms with Crippen LogP contribution in [0.3, 0.4) is 0 Å². The molecule has 0 aliphatic heterocycles. The van der Waals surface area contributed by atoms with E-state index in [1.54, 1.807) is 6.07 Å². The van der Waals surface area contributed by atoms with E-state index in [0.29, 0.717) is 11.6 Å². The van der Waals surface area contributed by atoms with E-state index in [9.17, 15) is 4.79 Å². The maximum atomic E-state index is 11.9. The molecule has 2 N–H and O–H groups in total. The summed E-state index contributed by atoms with van der Waals surface area (Å²) < 4.78 is 0. The van der Waals surface area contributed by atoms with E-state index in [-0.39, 0.29) is 12.5 Å². The summed E-state index contributed by atoms with van der Waals surface area (Å²) in [5.74, 6) is -0.0611. The zero-order valence-electron chi connectivity index (χ0n) is 12.2. The fourth-order valence-electron chi connectivity index (χ4n) is 2.08. The van der Waals surface area contributed by atoms with Crippen LogP contribution >= 0.6 is 11.6 Å². The topological polar surface area (TPSA) is 41.1 Å². The van der Waals surface area contributed by atoms with Gasteiger partial charge < -0.3 is 10.6 Å². The highest BCUT2D eigenvalue weighted by molar-refractivity contribution is 6.30. The average Bonchev–Trinajstić information content (AvgIpc) is 2.44. The zero-order chi connectivity index (χ0) is 15.2. The molecule has 0 bridgehead atoms. The van der Waals surface area contributed by atoms with Gasteiger partial charge in [0.1, 0.15) is 0 Å². The normalized spacial score (nSPS) is 10.4. The Labute approximate surface area is 130 Å². The predicted octanol–water partition coefficient (Wildman–Crippen LogP) is 3.69. The molecule has 4 heteroatoms. The molecule has 2 aromatic carbocycles. The van der Waals surface area contributed by atoms with Gasteiger partial charge in [0, 0.05) is 17.3 Å². The largest absolute Gasteiger partial charge is 0.325 e. The Balaban J connectivity index is 1.84. The van der Waals surface area contributed by atoms with Crippen LogP contribution < -0.4 is 10.6 Å². The minimum absolute atomic E-state index is 0.0611. The van der Waals surface area contributed by atoms with Gasteiger partial charge in [-0.2, -0.15) is 0 Å². The second-order valence-electron chi connectivity index (χ2n) is 5.04. The quantitative estimate of drug-likeness (QED) is 0.884. The summed E-state index contributed by atoms with van der Waals surface area (Å²) in [5, 5.41) is 6.70. The van der Waals surface area contributed by atoms with Crippen molar-refractivity contribution in [1.29, 1.82) is 0 Å². The summed E-state index contributed by atoms with van der Waals surface area (Å²) >= 11 is 5.89. The first-order chi connectivity index (χ1) is 10.1. The van der Waals surface area contributed by atoms with Crippen LogP contribution in [-0.2, 0) is 11.3 Å². The number of benzene rings is 2. The lowest BCUT2D eigenvalue weighted by atomic mass is 10.1. The van der Waals surface area contributed by atoms with Gasteiger partial charge in [0.05, 0.1) is 6.54 Å². The molecule has 2 rings (SSSR count). The van der Waals surface area contributed by atoms with Gasteiger partial charge in [-0.15, -0.1) is 0 Å². The average molecular weight is 303 g/mol. The molecule has 0 saturated carbocycles. The molecule has 0 aliphatic carbocycles. The van der Waals surface area contributed by atoms with Crippen LogP contribution in [0.5, 0.6) is 0 Å². The van der Waals surface area contributed by atoms with Gasteiger partial charge in [0.25, 0.3) is 0 Å². The first kappa shape index (κ1) is 15.5. The molecular weight excluding hydrogens is 284 g/mol. The highest BCUT2D eigenvalue weighted by Gasteiger charge is 2.05. The molecule has 0 heterocycles. The maximum absolute atomic E-state index is 11.9. The summed E-state index contributed by atoms with van der Waals surface area (Å²) in [6, 6.07) is 13.5. The number of rotatable bonds is 5. The number of halogens is 1. The Morgan fingerprint density at radius 1 is 1.10 bits per heavy atom. The number of nitrogens with one attached hydrogen (secondary N) is 2. The summed E-state index contributed by atoms with van der Waals surface area (Å²) in [4.78, 5) is 11.9. The number of carbonyl (C=O) groups is 1. The number of anilines is 1. The van der Waals surface area contributed by atoms with E-state index in [1.807, 2.05) is 31.2 Å². The number of hydrogen-bond donors (Lipinski definition) is 2. The number of aryl methyl sites for hydroxylation is 2. The van der Waals surface area contributed by atoms with E-state index >= 15 is 0 Å². The summed E-state index contributed by atoms with van der Waals surface area (Å²) in [6.07, 6.45) is 0. The fourth-order valence-corrected chi connectivity index (χ4v) is 2.31. The van der Waals surface area contributed by atoms with Crippen molar-refractivity contribution in [3.05, 3.63) is 64.2 Å². The van der Waals surface area contributed by atoms with Gasteiger partial charge in [-0.25, -0.2) is 0 Å². The highest BCUT2D eigenvalue weighted by Crippen LogP contribution is 2.19. The van der Waals surface area contributed by atoms with E-state index in [4.69, 9.17) is 11.6 Å². The molecule has 0 spiro atoms. The van der Waals surface area contributed by atoms with Gasteiger partial charge in [0.2, 0.25) is 5.91 Å². The van der Waals surface area contributed by atoms with Crippen LogP contribution in [0.2, 0.25) is 5.02 Å². The molecule has 0 saturated heterocycles. The molecule has 0 unspecified atom stereocenters.